The zero-order valence-corrected chi connectivity index (χ0v) is 14.5. The SMILES string of the molecule is O=C(OCCN1C(=O)NCc2ccccc21)[C@H]1C[C@H]1c1c(F)cccc1F. The second-order valence-corrected chi connectivity index (χ2v) is 6.69. The Labute approximate surface area is 154 Å². The van der Waals surface area contributed by atoms with Crippen LogP contribution >= 0.6 is 0 Å². The van der Waals surface area contributed by atoms with Crippen molar-refractivity contribution in [3.63, 3.8) is 0 Å². The quantitative estimate of drug-likeness (QED) is 0.819. The summed E-state index contributed by atoms with van der Waals surface area (Å²) in [6.45, 7) is 0.687. The van der Waals surface area contributed by atoms with E-state index in [4.69, 9.17) is 4.74 Å². The average molecular weight is 372 g/mol. The van der Waals surface area contributed by atoms with Crippen LogP contribution in [0.15, 0.2) is 42.5 Å². The van der Waals surface area contributed by atoms with E-state index in [9.17, 15) is 18.4 Å². The molecule has 5 nitrogen and oxygen atoms in total. The van der Waals surface area contributed by atoms with Crippen molar-refractivity contribution in [2.75, 3.05) is 18.1 Å². The lowest BCUT2D eigenvalue weighted by molar-refractivity contribution is -0.145. The Balaban J connectivity index is 1.34. The number of hydrogen-bond acceptors (Lipinski definition) is 3. The molecule has 4 rings (SSSR count). The number of hydrogen-bond donors (Lipinski definition) is 1. The van der Waals surface area contributed by atoms with Gasteiger partial charge < -0.3 is 10.1 Å². The summed E-state index contributed by atoms with van der Waals surface area (Å²) in [6.07, 6.45) is 0.365. The van der Waals surface area contributed by atoms with E-state index in [-0.39, 0.29) is 24.7 Å². The fourth-order valence-corrected chi connectivity index (χ4v) is 3.51. The van der Waals surface area contributed by atoms with E-state index >= 15 is 0 Å². The van der Waals surface area contributed by atoms with Gasteiger partial charge in [0.15, 0.2) is 0 Å². The van der Waals surface area contributed by atoms with Gasteiger partial charge in [-0.15, -0.1) is 0 Å². The van der Waals surface area contributed by atoms with E-state index in [2.05, 4.69) is 5.32 Å². The minimum atomic E-state index is -0.642. The molecule has 27 heavy (non-hydrogen) atoms. The Hall–Kier alpha value is -2.96. The molecule has 1 N–H and O–H groups in total. The van der Waals surface area contributed by atoms with Crippen LogP contribution in [0.2, 0.25) is 0 Å². The Bertz CT molecular complexity index is 882. The molecule has 1 aliphatic carbocycles. The van der Waals surface area contributed by atoms with E-state index in [1.165, 1.54) is 23.1 Å². The highest BCUT2D eigenvalue weighted by Gasteiger charge is 2.47. The number of nitrogens with one attached hydrogen (secondary N) is 1. The van der Waals surface area contributed by atoms with Gasteiger partial charge in [-0.3, -0.25) is 9.69 Å². The van der Waals surface area contributed by atoms with Gasteiger partial charge in [0.25, 0.3) is 0 Å². The molecule has 2 amide bonds. The van der Waals surface area contributed by atoms with Crippen LogP contribution in [-0.4, -0.2) is 25.2 Å². The average Bonchev–Trinajstić information content (AvgIpc) is 3.44. The monoisotopic (exact) mass is 372 g/mol. The van der Waals surface area contributed by atoms with Crippen molar-refractivity contribution in [1.82, 2.24) is 5.32 Å². The molecule has 0 unspecified atom stereocenters. The third-order valence-electron chi connectivity index (χ3n) is 4.98. The van der Waals surface area contributed by atoms with Crippen LogP contribution in [0.25, 0.3) is 0 Å². The van der Waals surface area contributed by atoms with Gasteiger partial charge in [0, 0.05) is 18.0 Å². The predicted molar refractivity (Wildman–Crippen MR) is 94.2 cm³/mol. The highest BCUT2D eigenvalue weighted by atomic mass is 19.1. The van der Waals surface area contributed by atoms with Crippen molar-refractivity contribution < 1.29 is 23.1 Å². The summed E-state index contributed by atoms with van der Waals surface area (Å²) in [4.78, 5) is 25.8. The third kappa shape index (κ3) is 3.37. The Kier molecular flexibility index (Phi) is 4.51. The van der Waals surface area contributed by atoms with Crippen LogP contribution in [0.3, 0.4) is 0 Å². The van der Waals surface area contributed by atoms with Crippen molar-refractivity contribution in [2.24, 2.45) is 5.92 Å². The fraction of sp³-hybridized carbons (Fsp3) is 0.300. The molecule has 0 saturated heterocycles. The molecule has 0 radical (unpaired) electrons. The number of nitrogens with zero attached hydrogens (tertiary/aromatic N) is 1. The molecule has 140 valence electrons. The fourth-order valence-electron chi connectivity index (χ4n) is 3.51. The van der Waals surface area contributed by atoms with Crippen molar-refractivity contribution in [2.45, 2.75) is 18.9 Å². The Morgan fingerprint density at radius 3 is 2.67 bits per heavy atom. The van der Waals surface area contributed by atoms with E-state index in [0.29, 0.717) is 13.0 Å². The summed E-state index contributed by atoms with van der Waals surface area (Å²) in [7, 11) is 0. The minimum absolute atomic E-state index is 0.0174. The van der Waals surface area contributed by atoms with Crippen LogP contribution < -0.4 is 10.2 Å². The summed E-state index contributed by atoms with van der Waals surface area (Å²) in [5, 5.41) is 2.77. The number of anilines is 1. The van der Waals surface area contributed by atoms with Gasteiger partial charge in [-0.05, 0) is 30.2 Å². The molecule has 1 fully saturated rings. The first kappa shape index (κ1) is 17.5. The largest absolute Gasteiger partial charge is 0.464 e. The normalized spacial score (nSPS) is 20.7. The summed E-state index contributed by atoms with van der Waals surface area (Å²) in [6, 6.07) is 10.9. The van der Waals surface area contributed by atoms with E-state index < -0.39 is 29.4 Å². The number of fused-ring (bicyclic) bond motifs is 1. The smallest absolute Gasteiger partial charge is 0.322 e. The lowest BCUT2D eigenvalue weighted by atomic mass is 10.1. The van der Waals surface area contributed by atoms with Gasteiger partial charge in [0.1, 0.15) is 18.2 Å². The molecule has 2 aliphatic rings. The highest BCUT2D eigenvalue weighted by Crippen LogP contribution is 2.49. The first-order valence-corrected chi connectivity index (χ1v) is 8.80. The topological polar surface area (TPSA) is 58.6 Å². The number of esters is 1. The molecule has 2 atom stereocenters. The number of benzene rings is 2. The van der Waals surface area contributed by atoms with Crippen LogP contribution in [0.1, 0.15) is 23.5 Å². The van der Waals surface area contributed by atoms with E-state index in [1.54, 1.807) is 0 Å². The molecule has 0 aromatic heterocycles. The van der Waals surface area contributed by atoms with Gasteiger partial charge in [-0.1, -0.05) is 24.3 Å². The predicted octanol–water partition coefficient (Wildman–Crippen LogP) is 3.34. The minimum Gasteiger partial charge on any atom is -0.464 e. The number of carbonyl (C=O) groups excluding carboxylic acids is 2. The van der Waals surface area contributed by atoms with Crippen LogP contribution in [0.4, 0.5) is 19.3 Å². The van der Waals surface area contributed by atoms with Gasteiger partial charge in [0.2, 0.25) is 0 Å². The number of urea groups is 1. The molecule has 1 aliphatic heterocycles. The maximum Gasteiger partial charge on any atom is 0.322 e. The number of carbonyl (C=O) groups is 2. The molecule has 0 spiro atoms. The standard InChI is InChI=1S/C20H18F2N2O3/c21-15-5-3-6-16(22)18(15)13-10-14(13)19(25)27-9-8-24-17-7-2-1-4-12(17)11-23-20(24)26/h1-7,13-14H,8-11H2,(H,23,26)/t13-,14+/m1/s1. The van der Waals surface area contributed by atoms with Crippen LogP contribution in [-0.2, 0) is 16.1 Å². The van der Waals surface area contributed by atoms with Gasteiger partial charge in [-0.2, -0.15) is 0 Å². The van der Waals surface area contributed by atoms with Crippen molar-refractivity contribution in [3.05, 3.63) is 65.2 Å². The molecule has 0 bridgehead atoms. The number of halogens is 2. The molecule has 2 aromatic rings. The molecular weight excluding hydrogens is 354 g/mol. The van der Waals surface area contributed by atoms with E-state index in [0.717, 1.165) is 11.3 Å². The zero-order valence-electron chi connectivity index (χ0n) is 14.5. The Morgan fingerprint density at radius 1 is 1.15 bits per heavy atom. The lowest BCUT2D eigenvalue weighted by Gasteiger charge is -2.29. The second-order valence-electron chi connectivity index (χ2n) is 6.69. The van der Waals surface area contributed by atoms with Crippen molar-refractivity contribution in [3.8, 4) is 0 Å². The van der Waals surface area contributed by atoms with Crippen molar-refractivity contribution >= 4 is 17.7 Å². The number of rotatable bonds is 5. The molecular formula is C20H18F2N2O3. The summed E-state index contributed by atoms with van der Waals surface area (Å²) in [5.74, 6) is -2.81. The number of ether oxygens (including phenoxy) is 1. The molecule has 7 heteroatoms. The lowest BCUT2D eigenvalue weighted by Crippen LogP contribution is -2.45. The maximum absolute atomic E-state index is 13.8. The zero-order chi connectivity index (χ0) is 19.0. The first-order valence-electron chi connectivity index (χ1n) is 8.80. The number of para-hydroxylation sites is 1. The first-order chi connectivity index (χ1) is 13.1. The van der Waals surface area contributed by atoms with E-state index in [1.807, 2.05) is 24.3 Å². The van der Waals surface area contributed by atoms with Crippen molar-refractivity contribution in [1.29, 1.82) is 0 Å². The summed E-state index contributed by atoms with van der Waals surface area (Å²) < 4.78 is 32.9. The summed E-state index contributed by atoms with van der Waals surface area (Å²) >= 11 is 0. The summed E-state index contributed by atoms with van der Waals surface area (Å²) in [5.41, 5.74) is 1.72. The number of amides is 2. The van der Waals surface area contributed by atoms with Crippen LogP contribution in [0.5, 0.6) is 0 Å². The Morgan fingerprint density at radius 2 is 1.89 bits per heavy atom. The third-order valence-corrected chi connectivity index (χ3v) is 4.98. The molecule has 1 heterocycles. The van der Waals surface area contributed by atoms with Gasteiger partial charge >= 0.3 is 12.0 Å². The second kappa shape index (κ2) is 6.98. The van der Waals surface area contributed by atoms with Gasteiger partial charge in [-0.25, -0.2) is 13.6 Å². The highest BCUT2D eigenvalue weighted by molar-refractivity contribution is 5.94. The van der Waals surface area contributed by atoms with Gasteiger partial charge in [0.05, 0.1) is 18.2 Å². The molecule has 2 aromatic carbocycles. The maximum atomic E-state index is 13.8. The van der Waals surface area contributed by atoms with Crippen LogP contribution in [0, 0.1) is 17.6 Å². The molecule has 1 saturated carbocycles.